The molecule has 9 nitrogen and oxygen atoms in total. The Labute approximate surface area is 155 Å². The van der Waals surface area contributed by atoms with E-state index in [9.17, 15) is 23.3 Å². The molecule has 3 rings (SSSR count). The minimum atomic E-state index is -4.04. The number of rotatable bonds is 6. The number of hydrogen-bond donors (Lipinski definition) is 1. The molecule has 1 aliphatic heterocycles. The second-order valence-corrected chi connectivity index (χ2v) is 7.58. The van der Waals surface area contributed by atoms with Gasteiger partial charge in [0.15, 0.2) is 0 Å². The van der Waals surface area contributed by atoms with Crippen LogP contribution in [0, 0.1) is 10.1 Å². The topological polar surface area (TPSA) is 119 Å². The predicted molar refractivity (Wildman–Crippen MR) is 98.5 cm³/mol. The summed E-state index contributed by atoms with van der Waals surface area (Å²) >= 11 is 0. The number of amides is 1. The highest BCUT2D eigenvalue weighted by atomic mass is 32.2. The number of nitro benzene ring substituents is 1. The fourth-order valence-corrected chi connectivity index (χ4v) is 3.93. The summed E-state index contributed by atoms with van der Waals surface area (Å²) < 4.78 is 32.8. The lowest BCUT2D eigenvalue weighted by atomic mass is 10.2. The first-order valence-corrected chi connectivity index (χ1v) is 9.56. The highest BCUT2D eigenvalue weighted by molar-refractivity contribution is 7.92. The van der Waals surface area contributed by atoms with Crippen LogP contribution in [0.5, 0.6) is 5.75 Å². The molecule has 0 aromatic heterocycles. The molecular formula is C17H17N3O6S. The maximum absolute atomic E-state index is 12.6. The number of nitrogens with one attached hydrogen (secondary N) is 1. The van der Waals surface area contributed by atoms with Crippen LogP contribution in [-0.4, -0.2) is 32.9 Å². The molecule has 1 fully saturated rings. The summed E-state index contributed by atoms with van der Waals surface area (Å²) in [5, 5.41) is 10.9. The van der Waals surface area contributed by atoms with Crippen molar-refractivity contribution in [3.8, 4) is 5.75 Å². The molecule has 0 unspecified atom stereocenters. The molecule has 27 heavy (non-hydrogen) atoms. The van der Waals surface area contributed by atoms with Gasteiger partial charge in [0.1, 0.15) is 5.75 Å². The van der Waals surface area contributed by atoms with E-state index in [2.05, 4.69) is 4.72 Å². The third-order valence-corrected chi connectivity index (χ3v) is 5.51. The zero-order valence-corrected chi connectivity index (χ0v) is 15.2. The molecule has 0 spiro atoms. The summed E-state index contributed by atoms with van der Waals surface area (Å²) in [5.74, 6) is 0.385. The molecule has 0 radical (unpaired) electrons. The Hall–Kier alpha value is -3.14. The van der Waals surface area contributed by atoms with Crippen LogP contribution in [0.2, 0.25) is 0 Å². The number of hydrogen-bond acceptors (Lipinski definition) is 6. The smallest absolute Gasteiger partial charge is 0.270 e. The van der Waals surface area contributed by atoms with Gasteiger partial charge in [0.05, 0.1) is 28.3 Å². The minimum absolute atomic E-state index is 0.0630. The SMILES string of the molecule is COc1ccc(NS(=O)(=O)c2cccc([N+](=O)[O-])c2)cc1N1CCCC1=O. The van der Waals surface area contributed by atoms with Gasteiger partial charge in [-0.2, -0.15) is 0 Å². The molecule has 1 heterocycles. The molecule has 142 valence electrons. The third-order valence-electron chi connectivity index (χ3n) is 4.13. The van der Waals surface area contributed by atoms with Gasteiger partial charge in [0.2, 0.25) is 5.91 Å². The molecule has 0 atom stereocenters. The Morgan fingerprint density at radius 3 is 2.63 bits per heavy atom. The highest BCUT2D eigenvalue weighted by Crippen LogP contribution is 2.34. The van der Waals surface area contributed by atoms with Crippen molar-refractivity contribution in [1.82, 2.24) is 0 Å². The first-order chi connectivity index (χ1) is 12.8. The van der Waals surface area contributed by atoms with Crippen molar-refractivity contribution in [3.63, 3.8) is 0 Å². The minimum Gasteiger partial charge on any atom is -0.495 e. The summed E-state index contributed by atoms with van der Waals surface area (Å²) in [5.41, 5.74) is 0.368. The maximum Gasteiger partial charge on any atom is 0.270 e. The second kappa shape index (κ2) is 7.23. The third kappa shape index (κ3) is 3.85. The Kier molecular flexibility index (Phi) is 5.00. The fourth-order valence-electron chi connectivity index (χ4n) is 2.85. The molecule has 2 aromatic carbocycles. The standard InChI is InChI=1S/C17H17N3O6S/c1-26-16-8-7-12(10-15(16)19-9-3-6-17(19)21)18-27(24,25)14-5-2-4-13(11-14)20(22)23/h2,4-5,7-8,10-11,18H,3,6,9H2,1H3. The number of carbonyl (C=O) groups is 1. The number of ether oxygens (including phenoxy) is 1. The molecule has 2 aromatic rings. The number of anilines is 2. The highest BCUT2D eigenvalue weighted by Gasteiger charge is 2.25. The van der Waals surface area contributed by atoms with Gasteiger partial charge in [-0.25, -0.2) is 8.42 Å². The lowest BCUT2D eigenvalue weighted by Crippen LogP contribution is -2.24. The molecule has 0 aliphatic carbocycles. The predicted octanol–water partition coefficient (Wildman–Crippen LogP) is 2.53. The van der Waals surface area contributed by atoms with Crippen LogP contribution in [0.1, 0.15) is 12.8 Å². The van der Waals surface area contributed by atoms with Crippen molar-refractivity contribution >= 4 is 33.0 Å². The molecule has 0 saturated carbocycles. The summed E-state index contributed by atoms with van der Waals surface area (Å²) in [6.45, 7) is 0.524. The molecule has 1 N–H and O–H groups in total. The Morgan fingerprint density at radius 1 is 1.22 bits per heavy atom. The van der Waals surface area contributed by atoms with Crippen molar-refractivity contribution in [2.75, 3.05) is 23.3 Å². The molecule has 1 amide bonds. The van der Waals surface area contributed by atoms with Crippen LogP contribution >= 0.6 is 0 Å². The van der Waals surface area contributed by atoms with Crippen molar-refractivity contribution in [2.45, 2.75) is 17.7 Å². The van der Waals surface area contributed by atoms with Crippen molar-refractivity contribution < 1.29 is 22.9 Å². The fraction of sp³-hybridized carbons (Fsp3) is 0.235. The quantitative estimate of drug-likeness (QED) is 0.597. The zero-order valence-electron chi connectivity index (χ0n) is 14.4. The van der Waals surface area contributed by atoms with E-state index in [1.165, 1.54) is 37.4 Å². The van der Waals surface area contributed by atoms with E-state index >= 15 is 0 Å². The number of nitro groups is 1. The Morgan fingerprint density at radius 2 is 2.00 bits per heavy atom. The number of non-ortho nitro benzene ring substituents is 1. The van der Waals surface area contributed by atoms with E-state index in [-0.39, 0.29) is 22.2 Å². The van der Waals surface area contributed by atoms with Gasteiger partial charge in [-0.15, -0.1) is 0 Å². The molecule has 0 bridgehead atoms. The number of nitrogens with zero attached hydrogens (tertiary/aromatic N) is 2. The van der Waals surface area contributed by atoms with E-state index in [4.69, 9.17) is 4.74 Å². The molecule has 10 heteroatoms. The normalized spacial score (nSPS) is 14.3. The van der Waals surface area contributed by atoms with E-state index in [0.29, 0.717) is 30.8 Å². The lowest BCUT2D eigenvalue weighted by Gasteiger charge is -2.20. The Balaban J connectivity index is 1.94. The van der Waals surface area contributed by atoms with Gasteiger partial charge in [0.25, 0.3) is 15.7 Å². The van der Waals surface area contributed by atoms with Gasteiger partial charge in [-0.3, -0.25) is 19.6 Å². The van der Waals surface area contributed by atoms with Gasteiger partial charge >= 0.3 is 0 Å². The van der Waals surface area contributed by atoms with Crippen LogP contribution < -0.4 is 14.4 Å². The van der Waals surface area contributed by atoms with Crippen LogP contribution in [0.4, 0.5) is 17.1 Å². The van der Waals surface area contributed by atoms with E-state index < -0.39 is 14.9 Å². The Bertz CT molecular complexity index is 1010. The van der Waals surface area contributed by atoms with Gasteiger partial charge in [0, 0.05) is 25.1 Å². The average molecular weight is 391 g/mol. The number of methoxy groups -OCH3 is 1. The van der Waals surface area contributed by atoms with Crippen molar-refractivity contribution in [3.05, 3.63) is 52.6 Å². The van der Waals surface area contributed by atoms with Gasteiger partial charge in [-0.1, -0.05) is 6.07 Å². The summed E-state index contributed by atoms with van der Waals surface area (Å²) in [6.07, 6.45) is 1.14. The van der Waals surface area contributed by atoms with Crippen molar-refractivity contribution in [2.24, 2.45) is 0 Å². The van der Waals surface area contributed by atoms with E-state index in [1.807, 2.05) is 0 Å². The average Bonchev–Trinajstić information content (AvgIpc) is 3.07. The maximum atomic E-state index is 12.6. The first kappa shape index (κ1) is 18.6. The molecular weight excluding hydrogens is 374 g/mol. The first-order valence-electron chi connectivity index (χ1n) is 8.07. The summed E-state index contributed by atoms with van der Waals surface area (Å²) in [6, 6.07) is 9.33. The summed E-state index contributed by atoms with van der Waals surface area (Å²) in [4.78, 5) is 23.6. The van der Waals surface area contributed by atoms with Crippen LogP contribution in [-0.2, 0) is 14.8 Å². The van der Waals surface area contributed by atoms with E-state index in [1.54, 1.807) is 11.0 Å². The van der Waals surface area contributed by atoms with Crippen LogP contribution in [0.25, 0.3) is 0 Å². The number of benzene rings is 2. The monoisotopic (exact) mass is 391 g/mol. The molecule has 1 aliphatic rings. The lowest BCUT2D eigenvalue weighted by molar-refractivity contribution is -0.385. The number of carbonyl (C=O) groups excluding carboxylic acids is 1. The second-order valence-electron chi connectivity index (χ2n) is 5.90. The van der Waals surface area contributed by atoms with Crippen LogP contribution in [0.15, 0.2) is 47.4 Å². The zero-order chi connectivity index (χ0) is 19.6. The van der Waals surface area contributed by atoms with Crippen molar-refractivity contribution in [1.29, 1.82) is 0 Å². The number of sulfonamides is 1. The van der Waals surface area contributed by atoms with Crippen LogP contribution in [0.3, 0.4) is 0 Å². The van der Waals surface area contributed by atoms with Gasteiger partial charge < -0.3 is 9.64 Å². The van der Waals surface area contributed by atoms with Gasteiger partial charge in [-0.05, 0) is 30.7 Å². The molecule has 1 saturated heterocycles. The largest absolute Gasteiger partial charge is 0.495 e. The summed E-state index contributed by atoms with van der Waals surface area (Å²) in [7, 11) is -2.58. The van der Waals surface area contributed by atoms with E-state index in [0.717, 1.165) is 6.07 Å².